The summed E-state index contributed by atoms with van der Waals surface area (Å²) in [6.45, 7) is 7.29. The zero-order valence-corrected chi connectivity index (χ0v) is 11.9. The molecule has 0 fully saturated rings. The van der Waals surface area contributed by atoms with E-state index in [1.807, 2.05) is 0 Å². The molecule has 0 atom stereocenters. The summed E-state index contributed by atoms with van der Waals surface area (Å²) >= 11 is 0. The van der Waals surface area contributed by atoms with Gasteiger partial charge in [-0.05, 0) is 24.8 Å². The maximum atomic E-state index is 10.9. The van der Waals surface area contributed by atoms with Gasteiger partial charge >= 0.3 is 5.97 Å². The number of ether oxygens (including phenoxy) is 1. The fraction of sp³-hybridized carbons (Fsp3) is 0.615. The minimum atomic E-state index is -1.05. The Morgan fingerprint density at radius 2 is 2.16 bits per heavy atom. The van der Waals surface area contributed by atoms with Crippen LogP contribution in [0.15, 0.2) is 6.07 Å². The molecule has 0 saturated heterocycles. The molecular formula is C13H21N3O3. The van der Waals surface area contributed by atoms with Crippen LogP contribution in [-0.2, 0) is 4.74 Å². The van der Waals surface area contributed by atoms with E-state index in [2.05, 4.69) is 29.1 Å². The van der Waals surface area contributed by atoms with E-state index >= 15 is 0 Å². The van der Waals surface area contributed by atoms with Crippen LogP contribution in [0, 0.1) is 12.3 Å². The number of methoxy groups -OCH3 is 1. The molecule has 1 heterocycles. The van der Waals surface area contributed by atoms with E-state index in [-0.39, 0.29) is 11.1 Å². The van der Waals surface area contributed by atoms with E-state index in [9.17, 15) is 4.79 Å². The SMILES string of the molecule is COCCC(C)(C)CNc1nc(C)cc(C(=O)O)n1. The number of carboxylic acid groups (broad SMARTS) is 1. The number of aromatic nitrogens is 2. The Kier molecular flexibility index (Phi) is 5.23. The first-order valence-electron chi connectivity index (χ1n) is 6.16. The number of anilines is 1. The smallest absolute Gasteiger partial charge is 0.354 e. The van der Waals surface area contributed by atoms with Gasteiger partial charge in [-0.25, -0.2) is 14.8 Å². The second-order valence-corrected chi connectivity index (χ2v) is 5.28. The highest BCUT2D eigenvalue weighted by Gasteiger charge is 2.18. The second kappa shape index (κ2) is 6.47. The number of aromatic carboxylic acids is 1. The Morgan fingerprint density at radius 3 is 2.74 bits per heavy atom. The van der Waals surface area contributed by atoms with Crippen molar-refractivity contribution in [3.8, 4) is 0 Å². The minimum Gasteiger partial charge on any atom is -0.477 e. The predicted molar refractivity (Wildman–Crippen MR) is 72.5 cm³/mol. The molecule has 0 bridgehead atoms. The van der Waals surface area contributed by atoms with E-state index in [1.54, 1.807) is 14.0 Å². The lowest BCUT2D eigenvalue weighted by atomic mass is 9.90. The van der Waals surface area contributed by atoms with Gasteiger partial charge in [0.1, 0.15) is 0 Å². The summed E-state index contributed by atoms with van der Waals surface area (Å²) in [5.74, 6) is -0.699. The van der Waals surface area contributed by atoms with Crippen molar-refractivity contribution < 1.29 is 14.6 Å². The second-order valence-electron chi connectivity index (χ2n) is 5.28. The molecule has 106 valence electrons. The minimum absolute atomic E-state index is 0.00435. The third-order valence-corrected chi connectivity index (χ3v) is 2.78. The summed E-state index contributed by atoms with van der Waals surface area (Å²) in [5.41, 5.74) is 0.654. The lowest BCUT2D eigenvalue weighted by Crippen LogP contribution is -2.25. The lowest BCUT2D eigenvalue weighted by molar-refractivity contribution is 0.0690. The fourth-order valence-corrected chi connectivity index (χ4v) is 1.54. The number of nitrogens with one attached hydrogen (secondary N) is 1. The summed E-state index contributed by atoms with van der Waals surface area (Å²) in [7, 11) is 1.67. The maximum Gasteiger partial charge on any atom is 0.354 e. The molecule has 0 aliphatic carbocycles. The quantitative estimate of drug-likeness (QED) is 0.785. The van der Waals surface area contributed by atoms with Crippen molar-refractivity contribution in [3.63, 3.8) is 0 Å². The summed E-state index contributed by atoms with van der Waals surface area (Å²) in [5, 5.41) is 12.0. The number of carboxylic acids is 1. The Labute approximate surface area is 113 Å². The average Bonchev–Trinajstić information content (AvgIpc) is 2.33. The van der Waals surface area contributed by atoms with Gasteiger partial charge in [0, 0.05) is 26.0 Å². The summed E-state index contributed by atoms with van der Waals surface area (Å²) in [6, 6.07) is 1.45. The van der Waals surface area contributed by atoms with Gasteiger partial charge in [0.05, 0.1) is 0 Å². The first-order chi connectivity index (χ1) is 8.84. The molecule has 1 aromatic rings. The normalized spacial score (nSPS) is 11.4. The van der Waals surface area contributed by atoms with Crippen LogP contribution in [0.5, 0.6) is 0 Å². The van der Waals surface area contributed by atoms with E-state index in [0.29, 0.717) is 24.8 Å². The van der Waals surface area contributed by atoms with E-state index in [4.69, 9.17) is 9.84 Å². The van der Waals surface area contributed by atoms with Gasteiger partial charge in [-0.2, -0.15) is 0 Å². The van der Waals surface area contributed by atoms with Gasteiger partial charge in [-0.3, -0.25) is 0 Å². The Bertz CT molecular complexity index is 447. The van der Waals surface area contributed by atoms with E-state index in [1.165, 1.54) is 6.07 Å². The van der Waals surface area contributed by atoms with Crippen molar-refractivity contribution in [2.75, 3.05) is 25.6 Å². The van der Waals surface area contributed by atoms with Crippen LogP contribution in [0.1, 0.15) is 36.5 Å². The number of carbonyl (C=O) groups is 1. The molecule has 0 unspecified atom stereocenters. The first kappa shape index (κ1) is 15.4. The Morgan fingerprint density at radius 1 is 1.47 bits per heavy atom. The van der Waals surface area contributed by atoms with Crippen molar-refractivity contribution in [1.82, 2.24) is 9.97 Å². The number of nitrogens with zero attached hydrogens (tertiary/aromatic N) is 2. The van der Waals surface area contributed by atoms with E-state index in [0.717, 1.165) is 6.42 Å². The summed E-state index contributed by atoms with van der Waals surface area (Å²) in [6.07, 6.45) is 0.897. The first-order valence-corrected chi connectivity index (χ1v) is 6.16. The van der Waals surface area contributed by atoms with Gasteiger partial charge in [0.2, 0.25) is 5.95 Å². The third-order valence-electron chi connectivity index (χ3n) is 2.78. The van der Waals surface area contributed by atoms with Crippen LogP contribution >= 0.6 is 0 Å². The van der Waals surface area contributed by atoms with Crippen LogP contribution in [0.3, 0.4) is 0 Å². The van der Waals surface area contributed by atoms with Crippen molar-refractivity contribution in [1.29, 1.82) is 0 Å². The van der Waals surface area contributed by atoms with Crippen molar-refractivity contribution in [2.24, 2.45) is 5.41 Å². The van der Waals surface area contributed by atoms with Gasteiger partial charge in [-0.1, -0.05) is 13.8 Å². The number of aryl methyl sites for hydroxylation is 1. The van der Waals surface area contributed by atoms with Gasteiger partial charge < -0.3 is 15.2 Å². The van der Waals surface area contributed by atoms with Crippen LogP contribution in [0.25, 0.3) is 0 Å². The van der Waals surface area contributed by atoms with E-state index < -0.39 is 5.97 Å². The molecule has 2 N–H and O–H groups in total. The molecule has 0 amide bonds. The zero-order valence-electron chi connectivity index (χ0n) is 11.9. The van der Waals surface area contributed by atoms with Gasteiger partial charge in [-0.15, -0.1) is 0 Å². The van der Waals surface area contributed by atoms with Crippen LogP contribution in [0.2, 0.25) is 0 Å². The molecule has 19 heavy (non-hydrogen) atoms. The molecular weight excluding hydrogens is 246 g/mol. The standard InChI is InChI=1S/C13H21N3O3/c1-9-7-10(11(17)18)16-12(15-9)14-8-13(2,3)5-6-19-4/h7H,5-6,8H2,1-4H3,(H,17,18)(H,14,15,16). The zero-order chi connectivity index (χ0) is 14.5. The van der Waals surface area contributed by atoms with Crippen LogP contribution in [-0.4, -0.2) is 41.3 Å². The molecule has 0 aliphatic rings. The maximum absolute atomic E-state index is 10.9. The average molecular weight is 267 g/mol. The third kappa shape index (κ3) is 5.21. The molecule has 1 rings (SSSR count). The lowest BCUT2D eigenvalue weighted by Gasteiger charge is -2.24. The highest BCUT2D eigenvalue weighted by Crippen LogP contribution is 2.20. The molecule has 0 aliphatic heterocycles. The molecule has 1 aromatic heterocycles. The largest absolute Gasteiger partial charge is 0.477 e. The molecule has 0 radical (unpaired) electrons. The van der Waals surface area contributed by atoms with Crippen molar-refractivity contribution in [2.45, 2.75) is 27.2 Å². The van der Waals surface area contributed by atoms with Crippen LogP contribution < -0.4 is 5.32 Å². The topological polar surface area (TPSA) is 84.3 Å². The molecule has 0 aromatic carbocycles. The van der Waals surface area contributed by atoms with Gasteiger partial charge in [0.15, 0.2) is 5.69 Å². The highest BCUT2D eigenvalue weighted by atomic mass is 16.5. The Balaban J connectivity index is 2.69. The fourth-order valence-electron chi connectivity index (χ4n) is 1.54. The number of hydrogen-bond acceptors (Lipinski definition) is 5. The Hall–Kier alpha value is -1.69. The highest BCUT2D eigenvalue weighted by molar-refractivity contribution is 5.85. The molecule has 0 saturated carbocycles. The van der Waals surface area contributed by atoms with Crippen LogP contribution in [0.4, 0.5) is 5.95 Å². The molecule has 6 heteroatoms. The predicted octanol–water partition coefficient (Wildman–Crippen LogP) is 1.96. The van der Waals surface area contributed by atoms with Crippen molar-refractivity contribution in [3.05, 3.63) is 17.5 Å². The summed E-state index contributed by atoms with van der Waals surface area (Å²) in [4.78, 5) is 19.1. The number of hydrogen-bond donors (Lipinski definition) is 2. The molecule has 0 spiro atoms. The molecule has 6 nitrogen and oxygen atoms in total. The number of rotatable bonds is 7. The van der Waals surface area contributed by atoms with Gasteiger partial charge in [0.25, 0.3) is 0 Å². The summed E-state index contributed by atoms with van der Waals surface area (Å²) < 4.78 is 5.06. The van der Waals surface area contributed by atoms with Crippen molar-refractivity contribution >= 4 is 11.9 Å². The monoisotopic (exact) mass is 267 g/mol.